The molecule has 0 aliphatic carbocycles. The summed E-state index contributed by atoms with van der Waals surface area (Å²) in [4.78, 5) is 26.7. The predicted molar refractivity (Wildman–Crippen MR) is 68.2 cm³/mol. The lowest BCUT2D eigenvalue weighted by Crippen LogP contribution is -2.49. The maximum absolute atomic E-state index is 12.0. The number of nitrogens with one attached hydrogen (secondary N) is 1. The van der Waals surface area contributed by atoms with E-state index in [0.29, 0.717) is 19.7 Å². The van der Waals surface area contributed by atoms with Gasteiger partial charge in [0.05, 0.1) is 35.6 Å². The Bertz CT molecular complexity index is 495. The molecule has 1 aromatic rings. The molecule has 1 saturated heterocycles. The number of H-pyrrole nitrogens is 1. The maximum atomic E-state index is 12.0. The van der Waals surface area contributed by atoms with Crippen molar-refractivity contribution in [2.75, 3.05) is 26.2 Å². The van der Waals surface area contributed by atoms with Gasteiger partial charge in [0.2, 0.25) is 0 Å². The van der Waals surface area contributed by atoms with Gasteiger partial charge in [-0.3, -0.25) is 19.8 Å². The van der Waals surface area contributed by atoms with Crippen LogP contribution in [-0.2, 0) is 4.74 Å². The number of Topliss-reactive ketones (excluding diaryl/α,β-unsaturated/α-hetero) is 1. The monoisotopic (exact) mass is 267 g/mol. The van der Waals surface area contributed by atoms with Crippen LogP contribution in [0, 0.1) is 10.1 Å². The second-order valence-corrected chi connectivity index (χ2v) is 5.27. The van der Waals surface area contributed by atoms with E-state index in [1.165, 1.54) is 12.3 Å². The molecule has 1 N–H and O–H groups in total. The number of hydrogen-bond acceptors (Lipinski definition) is 5. The Morgan fingerprint density at radius 2 is 2.37 bits per heavy atom. The summed E-state index contributed by atoms with van der Waals surface area (Å²) in [6, 6.07) is 1.27. The lowest BCUT2D eigenvalue weighted by molar-refractivity contribution is -0.384. The third kappa shape index (κ3) is 3.39. The number of nitro groups is 1. The average molecular weight is 267 g/mol. The molecule has 1 aromatic heterocycles. The lowest BCUT2D eigenvalue weighted by Gasteiger charge is -2.37. The summed E-state index contributed by atoms with van der Waals surface area (Å²) in [6.45, 7) is 6.14. The number of carbonyl (C=O) groups excluding carboxylic acids is 1. The van der Waals surface area contributed by atoms with Crippen molar-refractivity contribution in [2.45, 2.75) is 19.4 Å². The number of nitrogens with zero attached hydrogens (tertiary/aromatic N) is 2. The zero-order chi connectivity index (χ0) is 14.0. The van der Waals surface area contributed by atoms with Crippen LogP contribution in [0.5, 0.6) is 0 Å². The Kier molecular flexibility index (Phi) is 3.68. The molecule has 0 spiro atoms. The molecule has 104 valence electrons. The van der Waals surface area contributed by atoms with E-state index >= 15 is 0 Å². The highest BCUT2D eigenvalue weighted by Crippen LogP contribution is 2.17. The van der Waals surface area contributed by atoms with Gasteiger partial charge in [0.15, 0.2) is 5.78 Å². The second-order valence-electron chi connectivity index (χ2n) is 5.27. The summed E-state index contributed by atoms with van der Waals surface area (Å²) in [7, 11) is 0. The van der Waals surface area contributed by atoms with Gasteiger partial charge in [-0.05, 0) is 13.8 Å². The van der Waals surface area contributed by atoms with Gasteiger partial charge < -0.3 is 9.72 Å². The zero-order valence-corrected chi connectivity index (χ0v) is 11.0. The summed E-state index contributed by atoms with van der Waals surface area (Å²) in [5, 5.41) is 10.6. The summed E-state index contributed by atoms with van der Waals surface area (Å²) in [5.41, 5.74) is -0.0815. The van der Waals surface area contributed by atoms with Crippen molar-refractivity contribution in [2.24, 2.45) is 0 Å². The van der Waals surface area contributed by atoms with E-state index in [0.717, 1.165) is 0 Å². The highest BCUT2D eigenvalue weighted by atomic mass is 16.6. The molecular formula is C12H17N3O4. The fraction of sp³-hybridized carbons (Fsp3) is 0.583. The Morgan fingerprint density at radius 3 is 2.95 bits per heavy atom. The number of carbonyl (C=O) groups is 1. The minimum atomic E-state index is -0.523. The fourth-order valence-corrected chi connectivity index (χ4v) is 2.19. The van der Waals surface area contributed by atoms with Crippen LogP contribution in [0.15, 0.2) is 12.3 Å². The molecule has 7 heteroatoms. The first-order chi connectivity index (χ1) is 8.87. The van der Waals surface area contributed by atoms with Crippen LogP contribution in [0.3, 0.4) is 0 Å². The van der Waals surface area contributed by atoms with Gasteiger partial charge in [-0.25, -0.2) is 0 Å². The number of ketones is 1. The molecule has 1 aliphatic rings. The van der Waals surface area contributed by atoms with Crippen LogP contribution < -0.4 is 0 Å². The van der Waals surface area contributed by atoms with Gasteiger partial charge in [0.1, 0.15) is 0 Å². The molecule has 1 aliphatic heterocycles. The van der Waals surface area contributed by atoms with E-state index in [-0.39, 0.29) is 29.3 Å². The maximum Gasteiger partial charge on any atom is 0.287 e. The molecule has 2 heterocycles. The van der Waals surface area contributed by atoms with Crippen molar-refractivity contribution < 1.29 is 14.5 Å². The van der Waals surface area contributed by atoms with Crippen molar-refractivity contribution in [3.63, 3.8) is 0 Å². The minimum absolute atomic E-state index is 0.0920. The Balaban J connectivity index is 1.98. The number of rotatable bonds is 4. The van der Waals surface area contributed by atoms with Crippen LogP contribution in [-0.4, -0.2) is 52.4 Å². The number of ether oxygens (including phenoxy) is 1. The van der Waals surface area contributed by atoms with Crippen molar-refractivity contribution >= 4 is 11.5 Å². The van der Waals surface area contributed by atoms with E-state index in [9.17, 15) is 14.9 Å². The van der Waals surface area contributed by atoms with Crippen LogP contribution in [0.25, 0.3) is 0 Å². The van der Waals surface area contributed by atoms with E-state index in [4.69, 9.17) is 4.74 Å². The van der Waals surface area contributed by atoms with E-state index in [1.54, 1.807) is 0 Å². The van der Waals surface area contributed by atoms with Crippen LogP contribution >= 0.6 is 0 Å². The molecule has 2 rings (SSSR count). The van der Waals surface area contributed by atoms with Gasteiger partial charge in [0.25, 0.3) is 5.69 Å². The first-order valence-corrected chi connectivity index (χ1v) is 6.10. The van der Waals surface area contributed by atoms with Crippen molar-refractivity contribution in [3.05, 3.63) is 28.1 Å². The van der Waals surface area contributed by atoms with Gasteiger partial charge in [-0.15, -0.1) is 0 Å². The summed E-state index contributed by atoms with van der Waals surface area (Å²) in [6.07, 6.45) is 1.23. The fourth-order valence-electron chi connectivity index (χ4n) is 2.19. The third-order valence-corrected chi connectivity index (χ3v) is 3.05. The predicted octanol–water partition coefficient (Wildman–Crippen LogP) is 1.22. The average Bonchev–Trinajstić information content (AvgIpc) is 2.76. The van der Waals surface area contributed by atoms with Crippen molar-refractivity contribution in [1.29, 1.82) is 0 Å². The normalized spacial score (nSPS) is 19.3. The Hall–Kier alpha value is -1.73. The molecule has 0 atom stereocenters. The Morgan fingerprint density at radius 1 is 1.63 bits per heavy atom. The first-order valence-electron chi connectivity index (χ1n) is 6.10. The largest absolute Gasteiger partial charge is 0.373 e. The van der Waals surface area contributed by atoms with Gasteiger partial charge in [0, 0.05) is 19.2 Å². The molecule has 0 saturated carbocycles. The Labute approximate surface area is 110 Å². The van der Waals surface area contributed by atoms with Crippen LogP contribution in [0.2, 0.25) is 0 Å². The summed E-state index contributed by atoms with van der Waals surface area (Å²) >= 11 is 0. The smallest absolute Gasteiger partial charge is 0.287 e. The van der Waals surface area contributed by atoms with Crippen LogP contribution in [0.1, 0.15) is 24.3 Å². The quantitative estimate of drug-likeness (QED) is 0.503. The molecule has 0 aromatic carbocycles. The molecule has 7 nitrogen and oxygen atoms in total. The van der Waals surface area contributed by atoms with E-state index < -0.39 is 4.92 Å². The van der Waals surface area contributed by atoms with Crippen molar-refractivity contribution in [1.82, 2.24) is 9.88 Å². The zero-order valence-electron chi connectivity index (χ0n) is 11.0. The minimum Gasteiger partial charge on any atom is -0.373 e. The van der Waals surface area contributed by atoms with Gasteiger partial charge in [-0.1, -0.05) is 0 Å². The topological polar surface area (TPSA) is 88.5 Å². The number of aromatic amines is 1. The SMILES string of the molecule is CC1(C)CN(CC(=O)c2cc([N+](=O)[O-])c[nH]2)CCO1. The molecule has 0 amide bonds. The summed E-state index contributed by atoms with van der Waals surface area (Å²) in [5.74, 6) is -0.147. The highest BCUT2D eigenvalue weighted by molar-refractivity contribution is 5.96. The number of aromatic nitrogens is 1. The number of morpholine rings is 1. The second kappa shape index (κ2) is 5.10. The molecule has 0 radical (unpaired) electrons. The lowest BCUT2D eigenvalue weighted by atomic mass is 10.1. The van der Waals surface area contributed by atoms with Gasteiger partial charge >= 0.3 is 0 Å². The third-order valence-electron chi connectivity index (χ3n) is 3.05. The standard InChI is InChI=1S/C12H17N3O4/c1-12(2)8-14(3-4-19-12)7-11(16)10-5-9(6-13-10)15(17)18/h5-6,13H,3-4,7-8H2,1-2H3. The van der Waals surface area contributed by atoms with Crippen molar-refractivity contribution in [3.8, 4) is 0 Å². The van der Waals surface area contributed by atoms with Gasteiger partial charge in [-0.2, -0.15) is 0 Å². The van der Waals surface area contributed by atoms with E-state index in [1.807, 2.05) is 18.7 Å². The van der Waals surface area contributed by atoms with Crippen LogP contribution in [0.4, 0.5) is 5.69 Å². The van der Waals surface area contributed by atoms with E-state index in [2.05, 4.69) is 4.98 Å². The molecule has 1 fully saturated rings. The summed E-state index contributed by atoms with van der Waals surface area (Å²) < 4.78 is 5.57. The first kappa shape index (κ1) is 13.7. The molecule has 0 unspecified atom stereocenters. The highest BCUT2D eigenvalue weighted by Gasteiger charge is 2.28. The molecule has 19 heavy (non-hydrogen) atoms. The number of hydrogen-bond donors (Lipinski definition) is 1. The molecular weight excluding hydrogens is 250 g/mol. The molecule has 0 bridgehead atoms.